The number of ether oxygens (including phenoxy) is 2. The molecule has 2 aliphatic heterocycles. The minimum absolute atomic E-state index is 0. The van der Waals surface area contributed by atoms with E-state index < -0.39 is 27.1 Å². The monoisotopic (exact) mass is 724 g/mol. The Bertz CT molecular complexity index is 1960. The van der Waals surface area contributed by atoms with Gasteiger partial charge in [-0.15, -0.1) is 10.8 Å². The van der Waals surface area contributed by atoms with Crippen LogP contribution in [-0.4, -0.2) is 94.6 Å². The van der Waals surface area contributed by atoms with Crippen LogP contribution in [0.25, 0.3) is 11.0 Å². The number of rotatable bonds is 9. The van der Waals surface area contributed by atoms with Crippen LogP contribution in [0.1, 0.15) is 89.0 Å². The summed E-state index contributed by atoms with van der Waals surface area (Å²) < 4.78 is 41.0. The lowest BCUT2D eigenvalue weighted by molar-refractivity contribution is 0.0728. The van der Waals surface area contributed by atoms with Crippen LogP contribution in [0.2, 0.25) is 0 Å². The number of carbonyl (C=O) groups excluding carboxylic acids is 2. The second kappa shape index (κ2) is 13.4. The molecule has 1 saturated heterocycles. The summed E-state index contributed by atoms with van der Waals surface area (Å²) in [4.78, 5) is 47.6. The first kappa shape index (κ1) is 35.8. The van der Waals surface area contributed by atoms with Crippen LogP contribution in [0.15, 0.2) is 27.4 Å². The molecule has 3 N–H and O–H groups in total. The van der Waals surface area contributed by atoms with Crippen molar-refractivity contribution in [3.63, 3.8) is 0 Å². The molecule has 1 atom stereocenters. The van der Waals surface area contributed by atoms with Gasteiger partial charge in [-0.05, 0) is 103 Å². The Labute approximate surface area is 302 Å². The third-order valence-corrected chi connectivity index (χ3v) is 13.9. The zero-order chi connectivity index (χ0) is 36.4. The summed E-state index contributed by atoms with van der Waals surface area (Å²) in [6.07, 6.45) is 4.33. The highest BCUT2D eigenvalue weighted by Crippen LogP contribution is 2.63. The lowest BCUT2D eigenvalue weighted by Gasteiger charge is -2.41. The molecule has 0 spiro atoms. The maximum absolute atomic E-state index is 14.2. The van der Waals surface area contributed by atoms with E-state index in [0.717, 1.165) is 66.7 Å². The van der Waals surface area contributed by atoms with Crippen LogP contribution < -0.4 is 20.0 Å². The number of amides is 2. The first-order chi connectivity index (χ1) is 24.2. The molecule has 3 heterocycles. The molecule has 2 aromatic carbocycles. The number of piperazine rings is 1. The lowest BCUT2D eigenvalue weighted by Crippen LogP contribution is -2.53. The highest BCUT2D eigenvalue weighted by molar-refractivity contribution is 8.24. The zero-order valence-corrected chi connectivity index (χ0v) is 31.3. The van der Waals surface area contributed by atoms with E-state index >= 15 is 0 Å². The van der Waals surface area contributed by atoms with Crippen LogP contribution >= 0.6 is 10.8 Å². The van der Waals surface area contributed by atoms with Crippen LogP contribution in [0.4, 0.5) is 5.69 Å². The number of benzene rings is 2. The molecule has 7 rings (SSSR count). The quantitative estimate of drug-likeness (QED) is 0.231. The molecule has 13 heteroatoms. The molecule has 3 fully saturated rings. The zero-order valence-electron chi connectivity index (χ0n) is 30.5. The Morgan fingerprint density at radius 2 is 1.80 bits per heavy atom. The molecular formula is C38H52N4O8S. The summed E-state index contributed by atoms with van der Waals surface area (Å²) in [6, 6.07) is 5.57. The van der Waals surface area contributed by atoms with Gasteiger partial charge in [-0.2, -0.15) is 0 Å². The molecule has 3 aromatic rings. The van der Waals surface area contributed by atoms with Crippen molar-refractivity contribution < 1.29 is 34.0 Å². The number of anilines is 1. The Balaban J connectivity index is 0.00000464. The first-order valence-corrected chi connectivity index (χ1v) is 19.5. The predicted molar refractivity (Wildman–Crippen MR) is 200 cm³/mol. The fraction of sp³-hybridized carbons (Fsp3) is 0.553. The fourth-order valence-corrected chi connectivity index (χ4v) is 8.92. The van der Waals surface area contributed by atoms with Gasteiger partial charge in [0.15, 0.2) is 0 Å². The third-order valence-electron chi connectivity index (χ3n) is 11.6. The number of carbonyl (C=O) groups is 2. The van der Waals surface area contributed by atoms with Crippen molar-refractivity contribution in [1.82, 2.24) is 14.5 Å². The highest BCUT2D eigenvalue weighted by atomic mass is 32.3. The van der Waals surface area contributed by atoms with E-state index in [9.17, 15) is 23.5 Å². The highest BCUT2D eigenvalue weighted by Gasteiger charge is 2.50. The van der Waals surface area contributed by atoms with Gasteiger partial charge in [-0.3, -0.25) is 23.6 Å². The molecule has 0 radical (unpaired) electrons. The Kier molecular flexibility index (Phi) is 9.41. The fourth-order valence-electron chi connectivity index (χ4n) is 7.64. The summed E-state index contributed by atoms with van der Waals surface area (Å²) in [5.41, 5.74) is 5.62. The van der Waals surface area contributed by atoms with Crippen molar-refractivity contribution in [3.05, 3.63) is 67.6 Å². The van der Waals surface area contributed by atoms with Crippen molar-refractivity contribution >= 4 is 39.2 Å². The van der Waals surface area contributed by atoms with E-state index in [0.29, 0.717) is 54.7 Å². The summed E-state index contributed by atoms with van der Waals surface area (Å²) in [5, 5.41) is 0.939. The molecule has 4 aliphatic rings. The van der Waals surface area contributed by atoms with Crippen LogP contribution in [-0.2, 0) is 17.7 Å². The molecule has 0 unspecified atom stereocenters. The number of hydrogen-bond acceptors (Lipinski definition) is 10. The smallest absolute Gasteiger partial charge is 0.341 e. The molecule has 0 bridgehead atoms. The second-order valence-corrected chi connectivity index (χ2v) is 17.4. The topological polar surface area (TPSA) is 145 Å². The summed E-state index contributed by atoms with van der Waals surface area (Å²) in [7, 11) is 0.466. The molecule has 2 saturated carbocycles. The number of fused-ring (bicyclic) bond motifs is 3. The van der Waals surface area contributed by atoms with E-state index in [1.807, 2.05) is 6.92 Å². The van der Waals surface area contributed by atoms with Crippen molar-refractivity contribution in [2.45, 2.75) is 89.7 Å². The largest absolute Gasteiger partial charge is 0.489 e. The second-order valence-electron chi connectivity index (χ2n) is 15.1. The van der Waals surface area contributed by atoms with Gasteiger partial charge in [-0.25, -0.2) is 9.52 Å². The van der Waals surface area contributed by atoms with E-state index in [2.05, 4.69) is 34.6 Å². The van der Waals surface area contributed by atoms with Gasteiger partial charge in [-0.1, -0.05) is 0 Å². The maximum Gasteiger partial charge on any atom is 0.341 e. The Hall–Kier alpha value is -3.62. The Morgan fingerprint density at radius 3 is 2.47 bits per heavy atom. The minimum atomic E-state index is -3.37. The van der Waals surface area contributed by atoms with Gasteiger partial charge in [0.1, 0.15) is 11.3 Å². The first-order valence-electron chi connectivity index (χ1n) is 17.9. The number of aryl methyl sites for hydroxylation is 2. The van der Waals surface area contributed by atoms with Crippen LogP contribution in [0, 0.1) is 20.8 Å². The van der Waals surface area contributed by atoms with Crippen molar-refractivity contribution in [2.75, 3.05) is 51.8 Å². The normalized spacial score (nSPS) is 20.9. The molecular weight excluding hydrogens is 673 g/mol. The number of methoxy groups -OCH3 is 1. The molecule has 51 heavy (non-hydrogen) atoms. The SMILES string of the molecule is COC[C@H]1CN(c2cc(C)c3c4c(c(=O)oc3c2C)CN(C(=O)c2ccc(C(=O)NS(O)(O)C3(C)CC3)c(OC3CCC3)c2C)CC4)CCN1C.[HH]. The van der Waals surface area contributed by atoms with E-state index in [4.69, 9.17) is 13.9 Å². The number of nitrogens with one attached hydrogen (secondary N) is 1. The summed E-state index contributed by atoms with van der Waals surface area (Å²) in [5.74, 6) is -0.646. The Morgan fingerprint density at radius 1 is 1.08 bits per heavy atom. The van der Waals surface area contributed by atoms with E-state index in [1.165, 1.54) is 6.07 Å². The van der Waals surface area contributed by atoms with Gasteiger partial charge in [0.25, 0.3) is 11.8 Å². The van der Waals surface area contributed by atoms with Crippen molar-refractivity contribution in [1.29, 1.82) is 0 Å². The molecule has 2 aliphatic carbocycles. The van der Waals surface area contributed by atoms with Crippen LogP contribution in [0.3, 0.4) is 0 Å². The third kappa shape index (κ3) is 6.41. The van der Waals surface area contributed by atoms with Crippen LogP contribution in [0.5, 0.6) is 5.75 Å². The van der Waals surface area contributed by atoms with Gasteiger partial charge in [0.2, 0.25) is 0 Å². The summed E-state index contributed by atoms with van der Waals surface area (Å²) in [6.45, 7) is 11.3. The molecule has 278 valence electrons. The molecule has 1 aromatic heterocycles. The average Bonchev–Trinajstić information content (AvgIpc) is 3.84. The molecule has 12 nitrogen and oxygen atoms in total. The number of hydrogen-bond donors (Lipinski definition) is 3. The van der Waals surface area contributed by atoms with Crippen molar-refractivity contribution in [2.24, 2.45) is 0 Å². The number of nitrogens with zero attached hydrogens (tertiary/aromatic N) is 3. The predicted octanol–water partition coefficient (Wildman–Crippen LogP) is 5.81. The van der Waals surface area contributed by atoms with E-state index in [1.54, 1.807) is 31.9 Å². The van der Waals surface area contributed by atoms with Gasteiger partial charge in [0.05, 0.1) is 41.2 Å². The lowest BCUT2D eigenvalue weighted by atomic mass is 9.92. The van der Waals surface area contributed by atoms with E-state index in [-0.39, 0.29) is 37.3 Å². The standard InChI is InChI=1S/C38H50N4O8S.H2/c1-22-18-31(41-17-16-40(5)25(19-41)21-48-6)24(3)34-32(22)28-12-15-42(20-30(28)37(45)50-34)36(44)27-10-11-29(33(23(27)2)49-26-8-7-9-26)35(43)39-51(46,47)38(4)13-14-38;/h10-11,18,25-26,46-47H,7-9,12-17,19-21H2,1-6H3,(H,39,43);1H/t25-;/m1./s1. The summed E-state index contributed by atoms with van der Waals surface area (Å²) >= 11 is 0. The van der Waals surface area contributed by atoms with Crippen molar-refractivity contribution in [3.8, 4) is 5.75 Å². The van der Waals surface area contributed by atoms with Gasteiger partial charge >= 0.3 is 5.63 Å². The number of likely N-dealkylation sites (N-methyl/N-ethyl adjacent to an activating group) is 1. The van der Waals surface area contributed by atoms with Gasteiger partial charge in [0, 0.05) is 62.5 Å². The maximum atomic E-state index is 14.2. The average molecular weight is 725 g/mol. The van der Waals surface area contributed by atoms with Gasteiger partial charge < -0.3 is 23.7 Å². The molecule has 2 amide bonds. The minimum Gasteiger partial charge on any atom is -0.489 e.